The molecule has 0 aliphatic rings. The summed E-state index contributed by atoms with van der Waals surface area (Å²) >= 11 is 0. The maximum absolute atomic E-state index is 13.0. The summed E-state index contributed by atoms with van der Waals surface area (Å²) in [7, 11) is 0. The summed E-state index contributed by atoms with van der Waals surface area (Å²) in [5, 5.41) is 27.0. The zero-order valence-corrected chi connectivity index (χ0v) is 20.3. The number of hydrogen-bond acceptors (Lipinski definition) is 6. The van der Waals surface area contributed by atoms with Crippen LogP contribution in [0.1, 0.15) is 67.7 Å². The van der Waals surface area contributed by atoms with Gasteiger partial charge in [0.25, 0.3) is 0 Å². The lowest BCUT2D eigenvalue weighted by Gasteiger charge is -2.29. The molecule has 0 aromatic carbocycles. The third kappa shape index (κ3) is 9.52. The van der Waals surface area contributed by atoms with Crippen molar-refractivity contribution in [1.29, 1.82) is 0 Å². The topological polar surface area (TPSA) is 171 Å². The van der Waals surface area contributed by atoms with E-state index >= 15 is 0 Å². The number of aliphatic hydroxyl groups excluding tert-OH is 1. The van der Waals surface area contributed by atoms with Crippen LogP contribution in [0.3, 0.4) is 0 Å². The van der Waals surface area contributed by atoms with Crippen LogP contribution in [0.4, 0.5) is 0 Å². The maximum atomic E-state index is 13.0. The number of hydrogen-bond donors (Lipinski definition) is 6. The molecule has 0 saturated carbocycles. The van der Waals surface area contributed by atoms with E-state index in [1.807, 2.05) is 34.6 Å². The molecule has 186 valence electrons. The Hall–Kier alpha value is -2.20. The molecule has 7 N–H and O–H groups in total. The van der Waals surface area contributed by atoms with Gasteiger partial charge in [-0.25, -0.2) is 4.79 Å². The van der Waals surface area contributed by atoms with Crippen molar-refractivity contribution >= 4 is 23.7 Å². The lowest BCUT2D eigenvalue weighted by molar-refractivity contribution is -0.143. The summed E-state index contributed by atoms with van der Waals surface area (Å²) in [6.07, 6.45) is 0.168. The number of amides is 3. The van der Waals surface area contributed by atoms with Crippen molar-refractivity contribution in [2.75, 3.05) is 0 Å². The van der Waals surface area contributed by atoms with Gasteiger partial charge >= 0.3 is 5.97 Å². The fourth-order valence-corrected chi connectivity index (χ4v) is 3.07. The standard InChI is InChI=1S/C22H42N4O6/c1-8-12(5)16(23)19(28)25-17(13(6)9-2)20(29)26-18(14(7)27)21(30)24-15(22(31)32)10-11(3)4/h11-18,27H,8-10,23H2,1-7H3,(H,24,30)(H,25,28)(H,26,29)(H,31,32). The van der Waals surface area contributed by atoms with E-state index in [9.17, 15) is 29.4 Å². The van der Waals surface area contributed by atoms with Crippen LogP contribution < -0.4 is 21.7 Å². The molecule has 0 saturated heterocycles. The first-order valence-corrected chi connectivity index (χ1v) is 11.3. The number of carbonyl (C=O) groups excluding carboxylic acids is 3. The van der Waals surface area contributed by atoms with Crippen LogP contribution in [0.15, 0.2) is 0 Å². The van der Waals surface area contributed by atoms with E-state index in [2.05, 4.69) is 16.0 Å². The van der Waals surface area contributed by atoms with Crippen LogP contribution in [-0.2, 0) is 19.2 Å². The predicted octanol–water partition coefficient (Wildman–Crippen LogP) is 0.372. The van der Waals surface area contributed by atoms with Crippen molar-refractivity contribution in [3.8, 4) is 0 Å². The van der Waals surface area contributed by atoms with Crippen LogP contribution in [0, 0.1) is 17.8 Å². The van der Waals surface area contributed by atoms with Gasteiger partial charge in [0.1, 0.15) is 18.1 Å². The number of carbonyl (C=O) groups is 4. The number of rotatable bonds is 14. The quantitative estimate of drug-likeness (QED) is 0.218. The second-order valence-electron chi connectivity index (χ2n) is 9.04. The highest BCUT2D eigenvalue weighted by atomic mass is 16.4. The van der Waals surface area contributed by atoms with Crippen molar-refractivity contribution in [3.05, 3.63) is 0 Å². The van der Waals surface area contributed by atoms with E-state index in [1.54, 1.807) is 6.92 Å². The normalized spacial score (nSPS) is 17.9. The van der Waals surface area contributed by atoms with Gasteiger partial charge in [-0.1, -0.05) is 54.4 Å². The van der Waals surface area contributed by atoms with Crippen molar-refractivity contribution in [1.82, 2.24) is 16.0 Å². The number of carboxylic acids is 1. The third-order valence-electron chi connectivity index (χ3n) is 5.74. The average Bonchev–Trinajstić information content (AvgIpc) is 2.72. The molecule has 10 heteroatoms. The molecule has 0 spiro atoms. The Kier molecular flexibility index (Phi) is 13.1. The molecule has 10 nitrogen and oxygen atoms in total. The number of aliphatic hydroxyl groups is 1. The summed E-state index contributed by atoms with van der Waals surface area (Å²) in [4.78, 5) is 49.7. The molecule has 0 aromatic heterocycles. The largest absolute Gasteiger partial charge is 0.480 e. The molecule has 0 fully saturated rings. The second-order valence-corrected chi connectivity index (χ2v) is 9.04. The molecule has 7 atom stereocenters. The Morgan fingerprint density at radius 2 is 1.25 bits per heavy atom. The van der Waals surface area contributed by atoms with Gasteiger partial charge in [-0.05, 0) is 31.1 Å². The summed E-state index contributed by atoms with van der Waals surface area (Å²) in [6, 6.07) is -4.30. The highest BCUT2D eigenvalue weighted by Gasteiger charge is 2.34. The second kappa shape index (κ2) is 14.1. The van der Waals surface area contributed by atoms with Crippen LogP contribution in [0.2, 0.25) is 0 Å². The minimum Gasteiger partial charge on any atom is -0.480 e. The minimum absolute atomic E-state index is 0.00992. The zero-order chi connectivity index (χ0) is 25.2. The fourth-order valence-electron chi connectivity index (χ4n) is 3.07. The number of nitrogens with one attached hydrogen (secondary N) is 3. The summed E-state index contributed by atoms with van der Waals surface area (Å²) < 4.78 is 0. The molecule has 3 amide bonds. The maximum Gasteiger partial charge on any atom is 0.326 e. The lowest BCUT2D eigenvalue weighted by atomic mass is 9.95. The molecular weight excluding hydrogens is 416 g/mol. The first-order chi connectivity index (χ1) is 14.8. The first kappa shape index (κ1) is 29.8. The van der Waals surface area contributed by atoms with Crippen LogP contribution in [0.5, 0.6) is 0 Å². The van der Waals surface area contributed by atoms with Crippen molar-refractivity contribution in [3.63, 3.8) is 0 Å². The van der Waals surface area contributed by atoms with E-state index in [0.29, 0.717) is 12.8 Å². The smallest absolute Gasteiger partial charge is 0.326 e. The highest BCUT2D eigenvalue weighted by molar-refractivity contribution is 5.94. The number of carboxylic acid groups (broad SMARTS) is 1. The molecule has 7 unspecified atom stereocenters. The first-order valence-electron chi connectivity index (χ1n) is 11.3. The van der Waals surface area contributed by atoms with Gasteiger partial charge in [0.15, 0.2) is 0 Å². The highest BCUT2D eigenvalue weighted by Crippen LogP contribution is 2.12. The van der Waals surface area contributed by atoms with Gasteiger partial charge in [-0.2, -0.15) is 0 Å². The van der Waals surface area contributed by atoms with Gasteiger partial charge in [-0.15, -0.1) is 0 Å². The van der Waals surface area contributed by atoms with Gasteiger partial charge in [0, 0.05) is 0 Å². The summed E-state index contributed by atoms with van der Waals surface area (Å²) in [5.74, 6) is -3.48. The summed E-state index contributed by atoms with van der Waals surface area (Å²) in [6.45, 7) is 12.3. The molecule has 0 aromatic rings. The average molecular weight is 459 g/mol. The Labute approximate surface area is 191 Å². The van der Waals surface area contributed by atoms with Crippen molar-refractivity contribution < 1.29 is 29.4 Å². The van der Waals surface area contributed by atoms with Crippen molar-refractivity contribution in [2.24, 2.45) is 23.5 Å². The Bertz CT molecular complexity index is 640. The number of aliphatic carboxylic acids is 1. The van der Waals surface area contributed by atoms with Gasteiger partial charge < -0.3 is 31.9 Å². The molecule has 32 heavy (non-hydrogen) atoms. The molecule has 0 rings (SSSR count). The van der Waals surface area contributed by atoms with E-state index in [4.69, 9.17) is 5.73 Å². The Morgan fingerprint density at radius 3 is 1.66 bits per heavy atom. The van der Waals surface area contributed by atoms with Crippen LogP contribution in [0.25, 0.3) is 0 Å². The van der Waals surface area contributed by atoms with Crippen LogP contribution >= 0.6 is 0 Å². The summed E-state index contributed by atoms with van der Waals surface area (Å²) in [5.41, 5.74) is 5.98. The molecule has 0 aliphatic carbocycles. The van der Waals surface area contributed by atoms with Gasteiger partial charge in [0.2, 0.25) is 17.7 Å². The molecule has 0 radical (unpaired) electrons. The monoisotopic (exact) mass is 458 g/mol. The van der Waals surface area contributed by atoms with E-state index in [1.165, 1.54) is 6.92 Å². The Morgan fingerprint density at radius 1 is 0.781 bits per heavy atom. The molecule has 0 heterocycles. The van der Waals surface area contributed by atoms with Crippen LogP contribution in [-0.4, -0.2) is 64.2 Å². The predicted molar refractivity (Wildman–Crippen MR) is 121 cm³/mol. The van der Waals surface area contributed by atoms with E-state index < -0.39 is 54.0 Å². The zero-order valence-electron chi connectivity index (χ0n) is 20.3. The fraction of sp³-hybridized carbons (Fsp3) is 0.818. The number of nitrogens with two attached hydrogens (primary N) is 1. The Balaban J connectivity index is 5.51. The van der Waals surface area contributed by atoms with E-state index in [-0.39, 0.29) is 24.2 Å². The van der Waals surface area contributed by atoms with Gasteiger partial charge in [-0.3, -0.25) is 14.4 Å². The SMILES string of the molecule is CCC(C)C(N)C(=O)NC(C(=O)NC(C(=O)NC(CC(C)C)C(=O)O)C(C)O)C(C)CC. The molecule has 0 aliphatic heterocycles. The van der Waals surface area contributed by atoms with E-state index in [0.717, 1.165) is 0 Å². The third-order valence-corrected chi connectivity index (χ3v) is 5.74. The molecule has 0 bridgehead atoms. The lowest BCUT2D eigenvalue weighted by Crippen LogP contribution is -2.61. The molecular formula is C22H42N4O6. The minimum atomic E-state index is -1.39. The van der Waals surface area contributed by atoms with Crippen molar-refractivity contribution in [2.45, 2.75) is 98.0 Å². The van der Waals surface area contributed by atoms with Gasteiger partial charge in [0.05, 0.1) is 12.1 Å².